The van der Waals surface area contributed by atoms with Crippen LogP contribution >= 0.6 is 11.3 Å². The number of hydrogen-bond donors (Lipinski definition) is 2. The summed E-state index contributed by atoms with van der Waals surface area (Å²) in [5, 5.41) is 15.1. The van der Waals surface area contributed by atoms with Gasteiger partial charge >= 0.3 is 0 Å². The van der Waals surface area contributed by atoms with Crippen LogP contribution < -0.4 is 10.1 Å². The second-order valence-electron chi connectivity index (χ2n) is 4.44. The second-order valence-corrected chi connectivity index (χ2v) is 5.31. The van der Waals surface area contributed by atoms with Gasteiger partial charge in [-0.15, -0.1) is 11.3 Å². The van der Waals surface area contributed by atoms with Gasteiger partial charge in [0, 0.05) is 23.3 Å². The lowest BCUT2D eigenvalue weighted by atomic mass is 10.2. The summed E-state index contributed by atoms with van der Waals surface area (Å²) in [6.45, 7) is 2.65. The highest BCUT2D eigenvalue weighted by molar-refractivity contribution is 7.15. The van der Waals surface area contributed by atoms with Gasteiger partial charge in [-0.3, -0.25) is 4.40 Å². The lowest BCUT2D eigenvalue weighted by Gasteiger charge is -2.09. The van der Waals surface area contributed by atoms with Crippen LogP contribution in [0, 0.1) is 6.92 Å². The van der Waals surface area contributed by atoms with Gasteiger partial charge in [0.1, 0.15) is 0 Å². The first-order valence-corrected chi connectivity index (χ1v) is 7.09. The van der Waals surface area contributed by atoms with Gasteiger partial charge in [-0.1, -0.05) is 0 Å². The van der Waals surface area contributed by atoms with E-state index in [0.717, 1.165) is 22.0 Å². The van der Waals surface area contributed by atoms with Crippen molar-refractivity contribution in [2.24, 2.45) is 0 Å². The number of anilines is 1. The zero-order valence-electron chi connectivity index (χ0n) is 11.3. The number of aryl methyl sites for hydroxylation is 1. The fourth-order valence-electron chi connectivity index (χ4n) is 2.14. The van der Waals surface area contributed by atoms with Crippen molar-refractivity contribution in [1.29, 1.82) is 0 Å². The van der Waals surface area contributed by atoms with Crippen molar-refractivity contribution in [2.45, 2.75) is 13.5 Å². The highest BCUT2D eigenvalue weighted by Gasteiger charge is 2.09. The minimum absolute atomic E-state index is 0.128. The molecule has 0 unspecified atom stereocenters. The standard InChI is InChI=1S/C14H15N3O2S/c1-9-11(17-5-6-20-14(17)16-9)8-15-10-3-4-13(19-2)12(18)7-10/h3-7,15,18H,8H2,1-2H3. The molecule has 6 heteroatoms. The Morgan fingerprint density at radius 1 is 1.45 bits per heavy atom. The van der Waals surface area contributed by atoms with Gasteiger partial charge in [0.2, 0.25) is 0 Å². The van der Waals surface area contributed by atoms with E-state index in [4.69, 9.17) is 4.74 Å². The molecule has 104 valence electrons. The minimum Gasteiger partial charge on any atom is -0.504 e. The maximum atomic E-state index is 9.76. The number of rotatable bonds is 4. The molecule has 20 heavy (non-hydrogen) atoms. The van der Waals surface area contributed by atoms with Crippen LogP contribution in [0.5, 0.6) is 11.5 Å². The summed E-state index contributed by atoms with van der Waals surface area (Å²) < 4.78 is 7.11. The van der Waals surface area contributed by atoms with Crippen molar-refractivity contribution in [1.82, 2.24) is 9.38 Å². The Morgan fingerprint density at radius 2 is 2.30 bits per heavy atom. The average molecular weight is 289 g/mol. The highest BCUT2D eigenvalue weighted by Crippen LogP contribution is 2.29. The summed E-state index contributed by atoms with van der Waals surface area (Å²) >= 11 is 1.62. The monoisotopic (exact) mass is 289 g/mol. The van der Waals surface area contributed by atoms with Gasteiger partial charge in [-0.2, -0.15) is 0 Å². The van der Waals surface area contributed by atoms with Gasteiger partial charge in [0.15, 0.2) is 16.5 Å². The van der Waals surface area contributed by atoms with E-state index in [1.54, 1.807) is 23.5 Å². The molecule has 0 saturated carbocycles. The fourth-order valence-corrected chi connectivity index (χ4v) is 2.92. The van der Waals surface area contributed by atoms with Crippen LogP contribution in [0.2, 0.25) is 0 Å². The third kappa shape index (κ3) is 2.18. The molecule has 0 bridgehead atoms. The zero-order valence-corrected chi connectivity index (χ0v) is 12.1. The molecule has 1 aromatic carbocycles. The second kappa shape index (κ2) is 5.05. The van der Waals surface area contributed by atoms with Crippen molar-refractivity contribution in [2.75, 3.05) is 12.4 Å². The number of phenolic OH excluding ortho intramolecular Hbond substituents is 1. The van der Waals surface area contributed by atoms with E-state index in [9.17, 15) is 5.11 Å². The number of thiazole rings is 1. The summed E-state index contributed by atoms with van der Waals surface area (Å²) in [5.74, 6) is 0.597. The Hall–Kier alpha value is -2.21. The van der Waals surface area contributed by atoms with E-state index in [1.807, 2.05) is 24.6 Å². The predicted octanol–water partition coefficient (Wildman–Crippen LogP) is 3.03. The molecule has 2 N–H and O–H groups in total. The first-order chi connectivity index (χ1) is 9.69. The van der Waals surface area contributed by atoms with Crippen molar-refractivity contribution in [3.8, 4) is 11.5 Å². The molecule has 0 aliphatic heterocycles. The number of fused-ring (bicyclic) bond motifs is 1. The molecule has 0 aliphatic rings. The summed E-state index contributed by atoms with van der Waals surface area (Å²) in [5.41, 5.74) is 2.98. The number of aromatic nitrogens is 2. The van der Waals surface area contributed by atoms with E-state index >= 15 is 0 Å². The van der Waals surface area contributed by atoms with E-state index in [2.05, 4.69) is 14.7 Å². The van der Waals surface area contributed by atoms with Gasteiger partial charge in [0.05, 0.1) is 25.0 Å². The maximum Gasteiger partial charge on any atom is 0.194 e. The van der Waals surface area contributed by atoms with Gasteiger partial charge in [-0.05, 0) is 19.1 Å². The van der Waals surface area contributed by atoms with Crippen molar-refractivity contribution in [3.63, 3.8) is 0 Å². The number of aromatic hydroxyl groups is 1. The van der Waals surface area contributed by atoms with Crippen LogP contribution in [0.3, 0.4) is 0 Å². The average Bonchev–Trinajstić information content (AvgIpc) is 2.97. The van der Waals surface area contributed by atoms with Crippen LogP contribution in [0.4, 0.5) is 5.69 Å². The van der Waals surface area contributed by atoms with Crippen molar-refractivity contribution < 1.29 is 9.84 Å². The number of methoxy groups -OCH3 is 1. The van der Waals surface area contributed by atoms with Crippen LogP contribution in [-0.2, 0) is 6.54 Å². The fraction of sp³-hybridized carbons (Fsp3) is 0.214. The lowest BCUT2D eigenvalue weighted by molar-refractivity contribution is 0.373. The van der Waals surface area contributed by atoms with Gasteiger partial charge < -0.3 is 15.2 Å². The van der Waals surface area contributed by atoms with Gasteiger partial charge in [-0.25, -0.2) is 4.98 Å². The molecule has 3 rings (SSSR count). The van der Waals surface area contributed by atoms with E-state index in [1.165, 1.54) is 7.11 Å². The molecular weight excluding hydrogens is 274 g/mol. The van der Waals surface area contributed by atoms with Crippen LogP contribution in [-0.4, -0.2) is 21.6 Å². The van der Waals surface area contributed by atoms with Crippen LogP contribution in [0.1, 0.15) is 11.4 Å². The smallest absolute Gasteiger partial charge is 0.194 e. The molecule has 5 nitrogen and oxygen atoms in total. The van der Waals surface area contributed by atoms with Gasteiger partial charge in [0.25, 0.3) is 0 Å². The third-order valence-electron chi connectivity index (χ3n) is 3.20. The first kappa shape index (κ1) is 12.8. The number of imidazole rings is 1. The molecule has 0 saturated heterocycles. The molecular formula is C14H15N3O2S. The number of benzene rings is 1. The number of phenols is 1. The number of ether oxygens (including phenoxy) is 1. The van der Waals surface area contributed by atoms with Crippen molar-refractivity contribution >= 4 is 22.0 Å². The third-order valence-corrected chi connectivity index (χ3v) is 3.96. The maximum absolute atomic E-state index is 9.76. The Kier molecular flexibility index (Phi) is 3.23. The summed E-state index contributed by atoms with van der Waals surface area (Å²) in [7, 11) is 1.53. The van der Waals surface area contributed by atoms with E-state index < -0.39 is 0 Å². The summed E-state index contributed by atoms with van der Waals surface area (Å²) in [6, 6.07) is 5.26. The Labute approximate surface area is 120 Å². The number of nitrogens with one attached hydrogen (secondary N) is 1. The molecule has 2 aromatic heterocycles. The van der Waals surface area contributed by atoms with Crippen LogP contribution in [0.25, 0.3) is 4.96 Å². The number of nitrogens with zero attached hydrogens (tertiary/aromatic N) is 2. The van der Waals surface area contributed by atoms with E-state index in [0.29, 0.717) is 12.3 Å². The Balaban J connectivity index is 1.81. The molecule has 0 atom stereocenters. The van der Waals surface area contributed by atoms with E-state index in [-0.39, 0.29) is 5.75 Å². The molecule has 0 radical (unpaired) electrons. The Bertz CT molecular complexity index is 748. The molecule has 2 heterocycles. The Morgan fingerprint density at radius 3 is 3.05 bits per heavy atom. The highest BCUT2D eigenvalue weighted by atomic mass is 32.1. The normalized spacial score (nSPS) is 10.9. The molecule has 0 aliphatic carbocycles. The number of hydrogen-bond acceptors (Lipinski definition) is 5. The molecule has 0 fully saturated rings. The SMILES string of the molecule is COc1ccc(NCc2c(C)nc3sccn23)cc1O. The lowest BCUT2D eigenvalue weighted by Crippen LogP contribution is -2.03. The van der Waals surface area contributed by atoms with Crippen molar-refractivity contribution in [3.05, 3.63) is 41.2 Å². The zero-order chi connectivity index (χ0) is 14.1. The minimum atomic E-state index is 0.128. The first-order valence-electron chi connectivity index (χ1n) is 6.21. The molecule has 0 spiro atoms. The summed E-state index contributed by atoms with van der Waals surface area (Å²) in [6.07, 6.45) is 2.02. The van der Waals surface area contributed by atoms with Crippen LogP contribution in [0.15, 0.2) is 29.8 Å². The largest absolute Gasteiger partial charge is 0.504 e. The molecule has 0 amide bonds. The predicted molar refractivity (Wildman–Crippen MR) is 79.8 cm³/mol. The molecule has 3 aromatic rings. The summed E-state index contributed by atoms with van der Waals surface area (Å²) in [4.78, 5) is 5.50. The quantitative estimate of drug-likeness (QED) is 0.775. The topological polar surface area (TPSA) is 58.8 Å².